The largest absolute Gasteiger partial charge is 0.493 e. The van der Waals surface area contributed by atoms with Crippen LogP contribution in [0.5, 0.6) is 11.5 Å². The van der Waals surface area contributed by atoms with Crippen molar-refractivity contribution in [3.05, 3.63) is 89.5 Å². The van der Waals surface area contributed by atoms with E-state index in [1.54, 1.807) is 30.5 Å². The Morgan fingerprint density at radius 3 is 2.52 bits per heavy atom. The van der Waals surface area contributed by atoms with Crippen molar-refractivity contribution in [2.45, 2.75) is 19.5 Å². The zero-order valence-electron chi connectivity index (χ0n) is 19.3. The lowest BCUT2D eigenvalue weighted by atomic mass is 10.1. The van der Waals surface area contributed by atoms with E-state index in [2.05, 4.69) is 9.88 Å². The van der Waals surface area contributed by atoms with E-state index in [1.165, 1.54) is 18.2 Å². The third-order valence-corrected chi connectivity index (χ3v) is 5.06. The first kappa shape index (κ1) is 24.2. The lowest BCUT2D eigenvalue weighted by molar-refractivity contribution is 0.0729. The molecule has 174 valence electrons. The van der Waals surface area contributed by atoms with Crippen LogP contribution in [0.3, 0.4) is 0 Å². The zero-order chi connectivity index (χ0) is 23.6. The summed E-state index contributed by atoms with van der Waals surface area (Å²) in [5, 5.41) is 0. The van der Waals surface area contributed by atoms with Crippen molar-refractivity contribution in [1.82, 2.24) is 14.8 Å². The number of hydrogen-bond acceptors (Lipinski definition) is 5. The van der Waals surface area contributed by atoms with Gasteiger partial charge in [0.15, 0.2) is 11.5 Å². The number of rotatable bonds is 11. The van der Waals surface area contributed by atoms with E-state index in [9.17, 15) is 9.18 Å². The molecule has 0 bridgehead atoms. The second-order valence-electron chi connectivity index (χ2n) is 8.02. The van der Waals surface area contributed by atoms with Crippen LogP contribution in [0.1, 0.15) is 27.9 Å². The maximum absolute atomic E-state index is 13.8. The molecule has 33 heavy (non-hydrogen) atoms. The standard InChI is InChI=1S/C26H30FN3O3/c1-29(2)13-6-14-33-25-15-20(10-11-24(25)32-3)18-30(19-21-7-5-12-28-17-21)26(31)22-8-4-9-23(27)16-22/h4-5,7-12,15-17H,6,13-14,18-19H2,1-3H3. The number of aromatic nitrogens is 1. The van der Waals surface area contributed by atoms with Gasteiger partial charge in [0.2, 0.25) is 0 Å². The monoisotopic (exact) mass is 451 g/mol. The number of benzene rings is 2. The predicted molar refractivity (Wildman–Crippen MR) is 126 cm³/mol. The molecule has 0 N–H and O–H groups in total. The van der Waals surface area contributed by atoms with Crippen LogP contribution in [0.25, 0.3) is 0 Å². The quantitative estimate of drug-likeness (QED) is 0.405. The molecule has 0 aliphatic rings. The molecule has 1 aromatic heterocycles. The maximum Gasteiger partial charge on any atom is 0.254 e. The lowest BCUT2D eigenvalue weighted by Gasteiger charge is -2.24. The van der Waals surface area contributed by atoms with E-state index in [0.717, 1.165) is 24.1 Å². The molecule has 0 unspecified atom stereocenters. The van der Waals surface area contributed by atoms with Gasteiger partial charge >= 0.3 is 0 Å². The summed E-state index contributed by atoms with van der Waals surface area (Å²) in [5.41, 5.74) is 2.07. The summed E-state index contributed by atoms with van der Waals surface area (Å²) in [6, 6.07) is 15.1. The molecule has 0 aliphatic heterocycles. The van der Waals surface area contributed by atoms with Crippen molar-refractivity contribution in [3.8, 4) is 11.5 Å². The number of ether oxygens (including phenoxy) is 2. The Balaban J connectivity index is 1.82. The highest BCUT2D eigenvalue weighted by molar-refractivity contribution is 5.94. The van der Waals surface area contributed by atoms with Crippen LogP contribution in [0.4, 0.5) is 4.39 Å². The summed E-state index contributed by atoms with van der Waals surface area (Å²) in [4.78, 5) is 21.2. The van der Waals surface area contributed by atoms with Gasteiger partial charge in [-0.25, -0.2) is 4.39 Å². The van der Waals surface area contributed by atoms with Gasteiger partial charge in [-0.05, 0) is 68.0 Å². The van der Waals surface area contributed by atoms with Gasteiger partial charge in [-0.2, -0.15) is 0 Å². The number of pyridine rings is 1. The molecule has 0 radical (unpaired) electrons. The Kier molecular flexibility index (Phi) is 8.78. The van der Waals surface area contributed by atoms with Gasteiger partial charge in [0, 0.05) is 37.6 Å². The second kappa shape index (κ2) is 12.0. The highest BCUT2D eigenvalue weighted by Gasteiger charge is 2.18. The minimum atomic E-state index is -0.444. The molecule has 0 atom stereocenters. The van der Waals surface area contributed by atoms with E-state index >= 15 is 0 Å². The number of amides is 1. The highest BCUT2D eigenvalue weighted by Crippen LogP contribution is 2.29. The number of nitrogens with zero attached hydrogens (tertiary/aromatic N) is 3. The first-order valence-corrected chi connectivity index (χ1v) is 10.8. The predicted octanol–water partition coefficient (Wildman–Crippen LogP) is 4.40. The normalized spacial score (nSPS) is 10.8. The van der Waals surface area contributed by atoms with E-state index in [4.69, 9.17) is 9.47 Å². The molecule has 6 nitrogen and oxygen atoms in total. The Bertz CT molecular complexity index is 1040. The molecule has 0 aliphatic carbocycles. The molecule has 3 rings (SSSR count). The van der Waals surface area contributed by atoms with E-state index < -0.39 is 5.82 Å². The molecule has 3 aromatic rings. The van der Waals surface area contributed by atoms with Crippen molar-refractivity contribution in [3.63, 3.8) is 0 Å². The fourth-order valence-corrected chi connectivity index (χ4v) is 3.43. The molecule has 0 fully saturated rings. The Morgan fingerprint density at radius 2 is 1.82 bits per heavy atom. The minimum Gasteiger partial charge on any atom is -0.493 e. The Morgan fingerprint density at radius 1 is 1.00 bits per heavy atom. The number of halogens is 1. The van der Waals surface area contributed by atoms with E-state index in [-0.39, 0.29) is 5.91 Å². The SMILES string of the molecule is COc1ccc(CN(Cc2cccnc2)C(=O)c2cccc(F)c2)cc1OCCCN(C)C. The smallest absolute Gasteiger partial charge is 0.254 e. The van der Waals surface area contributed by atoms with Crippen LogP contribution < -0.4 is 9.47 Å². The average molecular weight is 452 g/mol. The molecule has 7 heteroatoms. The van der Waals surface area contributed by atoms with Crippen LogP contribution in [-0.2, 0) is 13.1 Å². The topological polar surface area (TPSA) is 54.9 Å². The van der Waals surface area contributed by atoms with Gasteiger partial charge in [0.25, 0.3) is 5.91 Å². The van der Waals surface area contributed by atoms with E-state index in [1.807, 2.05) is 44.4 Å². The third kappa shape index (κ3) is 7.29. The maximum atomic E-state index is 13.8. The summed E-state index contributed by atoms with van der Waals surface area (Å²) in [6.45, 7) is 2.14. The van der Waals surface area contributed by atoms with Crippen molar-refractivity contribution in [2.75, 3.05) is 34.4 Å². The van der Waals surface area contributed by atoms with Gasteiger partial charge < -0.3 is 19.3 Å². The average Bonchev–Trinajstić information content (AvgIpc) is 2.81. The molecular weight excluding hydrogens is 421 g/mol. The number of methoxy groups -OCH3 is 1. The molecule has 1 amide bonds. The summed E-state index contributed by atoms with van der Waals surface area (Å²) >= 11 is 0. The molecule has 1 heterocycles. The molecule has 0 saturated heterocycles. The van der Waals surface area contributed by atoms with Gasteiger partial charge in [-0.15, -0.1) is 0 Å². The first-order valence-electron chi connectivity index (χ1n) is 10.8. The van der Waals surface area contributed by atoms with Crippen LogP contribution in [-0.4, -0.2) is 55.0 Å². The molecule has 0 saturated carbocycles. The number of carbonyl (C=O) groups excluding carboxylic acids is 1. The summed E-state index contributed by atoms with van der Waals surface area (Å²) in [5.74, 6) is 0.565. The molecule has 2 aromatic carbocycles. The highest BCUT2D eigenvalue weighted by atomic mass is 19.1. The van der Waals surface area contributed by atoms with Crippen molar-refractivity contribution in [2.24, 2.45) is 0 Å². The Hall–Kier alpha value is -3.45. The number of carbonyl (C=O) groups is 1. The number of hydrogen-bond donors (Lipinski definition) is 0. The lowest BCUT2D eigenvalue weighted by Crippen LogP contribution is -2.30. The zero-order valence-corrected chi connectivity index (χ0v) is 19.3. The van der Waals surface area contributed by atoms with Gasteiger partial charge in [-0.1, -0.05) is 18.2 Å². The van der Waals surface area contributed by atoms with Crippen LogP contribution in [0.15, 0.2) is 67.0 Å². The second-order valence-corrected chi connectivity index (χ2v) is 8.02. The van der Waals surface area contributed by atoms with Crippen LogP contribution in [0, 0.1) is 5.82 Å². The van der Waals surface area contributed by atoms with Crippen LogP contribution >= 0.6 is 0 Å². The van der Waals surface area contributed by atoms with E-state index in [0.29, 0.717) is 36.8 Å². The summed E-state index contributed by atoms with van der Waals surface area (Å²) < 4.78 is 25.2. The molecular formula is C26H30FN3O3. The summed E-state index contributed by atoms with van der Waals surface area (Å²) in [6.07, 6.45) is 4.29. The van der Waals surface area contributed by atoms with Crippen molar-refractivity contribution in [1.29, 1.82) is 0 Å². The van der Waals surface area contributed by atoms with Crippen molar-refractivity contribution < 1.29 is 18.7 Å². The van der Waals surface area contributed by atoms with Gasteiger partial charge in [0.05, 0.1) is 13.7 Å². The first-order chi connectivity index (χ1) is 16.0. The fourth-order valence-electron chi connectivity index (χ4n) is 3.43. The van der Waals surface area contributed by atoms with Crippen LogP contribution in [0.2, 0.25) is 0 Å². The minimum absolute atomic E-state index is 0.261. The van der Waals surface area contributed by atoms with Gasteiger partial charge in [0.1, 0.15) is 5.82 Å². The summed E-state index contributed by atoms with van der Waals surface area (Å²) in [7, 11) is 5.64. The fraction of sp³-hybridized carbons (Fsp3) is 0.308. The van der Waals surface area contributed by atoms with Gasteiger partial charge in [-0.3, -0.25) is 9.78 Å². The van der Waals surface area contributed by atoms with Crippen molar-refractivity contribution >= 4 is 5.91 Å². The third-order valence-electron chi connectivity index (χ3n) is 5.06. The Labute approximate surface area is 194 Å². The molecule has 0 spiro atoms.